The Labute approximate surface area is 146 Å². The number of nitrogens with one attached hydrogen (secondary N) is 1. The van der Waals surface area contributed by atoms with Crippen LogP contribution in [0.25, 0.3) is 10.9 Å². The van der Waals surface area contributed by atoms with Crippen molar-refractivity contribution in [3.8, 4) is 0 Å². The van der Waals surface area contributed by atoms with E-state index in [1.807, 2.05) is 45.0 Å². The van der Waals surface area contributed by atoms with Gasteiger partial charge in [-0.25, -0.2) is 0 Å². The molecule has 2 aromatic rings. The van der Waals surface area contributed by atoms with Gasteiger partial charge in [0.1, 0.15) is 0 Å². The van der Waals surface area contributed by atoms with Crippen molar-refractivity contribution in [2.45, 2.75) is 32.7 Å². The quantitative estimate of drug-likeness (QED) is 0.890. The Hall–Kier alpha value is -2.47. The van der Waals surface area contributed by atoms with Crippen LogP contribution in [0, 0.1) is 13.8 Å². The Morgan fingerprint density at radius 3 is 2.80 bits per heavy atom. The van der Waals surface area contributed by atoms with Crippen LogP contribution in [0.4, 0.5) is 0 Å². The van der Waals surface area contributed by atoms with Crippen molar-refractivity contribution in [2.24, 2.45) is 0 Å². The number of carbonyl (C=O) groups excluding carboxylic acids is 1. The normalized spacial score (nSPS) is 20.2. The van der Waals surface area contributed by atoms with E-state index in [9.17, 15) is 9.59 Å². The van der Waals surface area contributed by atoms with Crippen molar-refractivity contribution in [3.05, 3.63) is 41.1 Å². The molecule has 6 nitrogen and oxygen atoms in total. The summed E-state index contributed by atoms with van der Waals surface area (Å²) in [5, 5.41) is 12.8. The number of aliphatic carboxylic acids is 1. The molecule has 1 saturated heterocycles. The molecular weight excluding hydrogens is 318 g/mol. The molecule has 1 amide bonds. The van der Waals surface area contributed by atoms with Gasteiger partial charge in [-0.1, -0.05) is 11.6 Å². The van der Waals surface area contributed by atoms with Gasteiger partial charge in [-0.2, -0.15) is 0 Å². The number of nitrogens with zero attached hydrogens (tertiary/aromatic N) is 2. The van der Waals surface area contributed by atoms with Crippen LogP contribution in [0.5, 0.6) is 0 Å². The molecule has 1 aromatic carbocycles. The third kappa shape index (κ3) is 3.64. The highest BCUT2D eigenvalue weighted by Crippen LogP contribution is 2.26. The molecule has 0 radical (unpaired) electrons. The first kappa shape index (κ1) is 17.4. The summed E-state index contributed by atoms with van der Waals surface area (Å²) in [5.74, 6) is -0.917. The molecule has 2 heterocycles. The lowest BCUT2D eigenvalue weighted by Gasteiger charge is -2.25. The zero-order chi connectivity index (χ0) is 18.2. The second-order valence-electron chi connectivity index (χ2n) is 7.12. The Morgan fingerprint density at radius 1 is 1.32 bits per heavy atom. The molecule has 1 aliphatic heterocycles. The predicted molar refractivity (Wildman–Crippen MR) is 95.8 cm³/mol. The number of amides is 1. The zero-order valence-electron chi connectivity index (χ0n) is 14.8. The molecule has 3 rings (SSSR count). The van der Waals surface area contributed by atoms with Crippen LogP contribution in [-0.4, -0.2) is 52.0 Å². The number of carboxylic acid groups (broad SMARTS) is 1. The summed E-state index contributed by atoms with van der Waals surface area (Å²) in [6, 6.07) is 7.76. The van der Waals surface area contributed by atoms with E-state index in [1.165, 1.54) is 0 Å². The van der Waals surface area contributed by atoms with Crippen LogP contribution in [0.15, 0.2) is 24.3 Å². The molecule has 0 bridgehead atoms. The number of aromatic nitrogens is 1. The van der Waals surface area contributed by atoms with E-state index >= 15 is 0 Å². The number of hydrogen-bond acceptors (Lipinski definition) is 4. The molecule has 6 heteroatoms. The number of hydrogen-bond donors (Lipinski definition) is 2. The molecule has 1 fully saturated rings. The molecule has 1 atom stereocenters. The molecule has 25 heavy (non-hydrogen) atoms. The topological polar surface area (TPSA) is 82.5 Å². The number of rotatable bonds is 4. The molecule has 1 aliphatic rings. The number of likely N-dealkylation sites (tertiary alicyclic amines) is 1. The van der Waals surface area contributed by atoms with E-state index in [0.29, 0.717) is 18.7 Å². The largest absolute Gasteiger partial charge is 0.480 e. The van der Waals surface area contributed by atoms with Crippen LogP contribution in [0.2, 0.25) is 0 Å². The SMILES string of the molecule is Cc1ccc2nc(C)cc(C(=O)N3CCC(C)(NCC(=O)O)C3)c2c1. The second kappa shape index (κ2) is 6.44. The van der Waals surface area contributed by atoms with Gasteiger partial charge in [0.25, 0.3) is 5.91 Å². The van der Waals surface area contributed by atoms with E-state index in [4.69, 9.17) is 5.11 Å². The van der Waals surface area contributed by atoms with E-state index in [2.05, 4.69) is 10.3 Å². The minimum Gasteiger partial charge on any atom is -0.480 e. The first-order chi connectivity index (χ1) is 11.8. The van der Waals surface area contributed by atoms with Gasteiger partial charge in [-0.15, -0.1) is 0 Å². The van der Waals surface area contributed by atoms with Crippen LogP contribution in [0.3, 0.4) is 0 Å². The molecule has 0 spiro atoms. The number of benzene rings is 1. The van der Waals surface area contributed by atoms with Crippen LogP contribution in [-0.2, 0) is 4.79 Å². The van der Waals surface area contributed by atoms with E-state index in [0.717, 1.165) is 28.6 Å². The third-order valence-electron chi connectivity index (χ3n) is 4.75. The number of carboxylic acids is 1. The summed E-state index contributed by atoms with van der Waals surface area (Å²) >= 11 is 0. The lowest BCUT2D eigenvalue weighted by atomic mass is 10.0. The fraction of sp³-hybridized carbons (Fsp3) is 0.421. The Balaban J connectivity index is 1.88. The first-order valence-corrected chi connectivity index (χ1v) is 8.41. The van der Waals surface area contributed by atoms with Crippen LogP contribution in [0.1, 0.15) is 35.0 Å². The molecular formula is C19H23N3O3. The number of aryl methyl sites for hydroxylation is 2. The minimum absolute atomic E-state index is 0.0260. The molecule has 0 aliphatic carbocycles. The van der Waals surface area contributed by atoms with Gasteiger partial charge in [-0.05, 0) is 45.4 Å². The third-order valence-corrected chi connectivity index (χ3v) is 4.75. The molecule has 0 saturated carbocycles. The van der Waals surface area contributed by atoms with Gasteiger partial charge >= 0.3 is 5.97 Å². The molecule has 1 unspecified atom stereocenters. The predicted octanol–water partition coefficient (Wildman–Crippen LogP) is 2.13. The van der Waals surface area contributed by atoms with Gasteiger partial charge in [-0.3, -0.25) is 19.9 Å². The number of carbonyl (C=O) groups is 2. The highest BCUT2D eigenvalue weighted by Gasteiger charge is 2.36. The van der Waals surface area contributed by atoms with E-state index in [-0.39, 0.29) is 18.0 Å². The van der Waals surface area contributed by atoms with Crippen molar-refractivity contribution in [3.63, 3.8) is 0 Å². The van der Waals surface area contributed by atoms with Gasteiger partial charge in [0.15, 0.2) is 0 Å². The minimum atomic E-state index is -0.891. The van der Waals surface area contributed by atoms with Crippen molar-refractivity contribution in [1.29, 1.82) is 0 Å². The Morgan fingerprint density at radius 2 is 2.08 bits per heavy atom. The lowest BCUT2D eigenvalue weighted by molar-refractivity contribution is -0.136. The average Bonchev–Trinajstić information content (AvgIpc) is 2.95. The van der Waals surface area contributed by atoms with Gasteiger partial charge in [0.05, 0.1) is 17.6 Å². The highest BCUT2D eigenvalue weighted by molar-refractivity contribution is 6.06. The van der Waals surface area contributed by atoms with Gasteiger partial charge in [0.2, 0.25) is 0 Å². The summed E-state index contributed by atoms with van der Waals surface area (Å²) in [6.45, 7) is 6.84. The van der Waals surface area contributed by atoms with Crippen molar-refractivity contribution < 1.29 is 14.7 Å². The van der Waals surface area contributed by atoms with Crippen molar-refractivity contribution in [1.82, 2.24) is 15.2 Å². The summed E-state index contributed by atoms with van der Waals surface area (Å²) in [7, 11) is 0. The highest BCUT2D eigenvalue weighted by atomic mass is 16.4. The number of fused-ring (bicyclic) bond motifs is 1. The van der Waals surface area contributed by atoms with Crippen molar-refractivity contribution in [2.75, 3.05) is 19.6 Å². The van der Waals surface area contributed by atoms with Gasteiger partial charge < -0.3 is 10.0 Å². The van der Waals surface area contributed by atoms with Crippen LogP contribution >= 0.6 is 0 Å². The van der Waals surface area contributed by atoms with E-state index < -0.39 is 5.97 Å². The summed E-state index contributed by atoms with van der Waals surface area (Å²) in [6.07, 6.45) is 0.729. The summed E-state index contributed by atoms with van der Waals surface area (Å²) in [5.41, 5.74) is 3.00. The molecule has 1 aromatic heterocycles. The maximum absolute atomic E-state index is 13.1. The second-order valence-corrected chi connectivity index (χ2v) is 7.12. The lowest BCUT2D eigenvalue weighted by Crippen LogP contribution is -2.47. The van der Waals surface area contributed by atoms with E-state index in [1.54, 1.807) is 4.90 Å². The van der Waals surface area contributed by atoms with Gasteiger partial charge in [0, 0.05) is 29.7 Å². The standard InChI is InChI=1S/C19H23N3O3/c1-12-4-5-16-14(8-12)15(9-13(2)21-16)18(25)22-7-6-19(3,11-22)20-10-17(23)24/h4-5,8-9,20H,6-7,10-11H2,1-3H3,(H,23,24). The first-order valence-electron chi connectivity index (χ1n) is 8.41. The van der Waals surface area contributed by atoms with Crippen LogP contribution < -0.4 is 5.32 Å². The fourth-order valence-electron chi connectivity index (χ4n) is 3.39. The zero-order valence-corrected chi connectivity index (χ0v) is 14.8. The Bertz CT molecular complexity index is 849. The fourth-order valence-corrected chi connectivity index (χ4v) is 3.39. The summed E-state index contributed by atoms with van der Waals surface area (Å²) < 4.78 is 0. The van der Waals surface area contributed by atoms with Crippen molar-refractivity contribution >= 4 is 22.8 Å². The monoisotopic (exact) mass is 341 g/mol. The smallest absolute Gasteiger partial charge is 0.317 e. The maximum atomic E-state index is 13.1. The molecule has 2 N–H and O–H groups in total. The number of pyridine rings is 1. The Kier molecular flexibility index (Phi) is 4.47. The maximum Gasteiger partial charge on any atom is 0.317 e. The summed E-state index contributed by atoms with van der Waals surface area (Å²) in [4.78, 5) is 30.2. The molecule has 132 valence electrons. The average molecular weight is 341 g/mol.